The highest BCUT2D eigenvalue weighted by molar-refractivity contribution is 7.80. The second kappa shape index (κ2) is 3.31. The van der Waals surface area contributed by atoms with Crippen LogP contribution in [0.1, 0.15) is 33.3 Å². The van der Waals surface area contributed by atoms with Gasteiger partial charge in [0.2, 0.25) is 0 Å². The largest absolute Gasteiger partial charge is 0.332 e. The minimum absolute atomic E-state index is 0.177. The molecule has 0 radical (unpaired) electrons. The second-order valence-electron chi connectivity index (χ2n) is 4.80. The van der Waals surface area contributed by atoms with Crippen LogP contribution in [0.4, 0.5) is 5.69 Å². The number of thiocarbonyl (C=S) groups is 1. The zero-order valence-electron chi connectivity index (χ0n) is 9.74. The Morgan fingerprint density at radius 3 is 2.53 bits per heavy atom. The van der Waals surface area contributed by atoms with E-state index in [9.17, 15) is 0 Å². The highest BCUT2D eigenvalue weighted by Gasteiger charge is 2.42. The first-order chi connectivity index (χ1) is 6.96. The van der Waals surface area contributed by atoms with Gasteiger partial charge in [-0.2, -0.15) is 0 Å². The van der Waals surface area contributed by atoms with E-state index in [-0.39, 0.29) is 5.41 Å². The molecule has 15 heavy (non-hydrogen) atoms. The van der Waals surface area contributed by atoms with Crippen LogP contribution in [0.5, 0.6) is 0 Å². The van der Waals surface area contributed by atoms with Gasteiger partial charge in [0.1, 0.15) is 0 Å². The standard InChI is InChI=1S/C13H17NS/c1-9-13(3,4)11-7-5-6-8-12(11)14(9)10(2)15/h5-9H,1-4H3. The van der Waals surface area contributed by atoms with E-state index in [0.717, 1.165) is 4.99 Å². The Kier molecular flexibility index (Phi) is 2.34. The van der Waals surface area contributed by atoms with Crippen LogP contribution in [0.15, 0.2) is 24.3 Å². The van der Waals surface area contributed by atoms with Gasteiger partial charge in [0.15, 0.2) is 0 Å². The molecule has 1 aliphatic rings. The number of rotatable bonds is 0. The summed E-state index contributed by atoms with van der Waals surface area (Å²) in [5.74, 6) is 0. The maximum absolute atomic E-state index is 5.34. The molecule has 1 aromatic rings. The van der Waals surface area contributed by atoms with Crippen molar-refractivity contribution in [3.63, 3.8) is 0 Å². The Bertz CT molecular complexity index is 409. The van der Waals surface area contributed by atoms with Gasteiger partial charge in [-0.25, -0.2) is 0 Å². The van der Waals surface area contributed by atoms with E-state index in [4.69, 9.17) is 12.2 Å². The maximum atomic E-state index is 5.34. The van der Waals surface area contributed by atoms with Crippen molar-refractivity contribution in [2.24, 2.45) is 0 Å². The molecule has 1 unspecified atom stereocenters. The Morgan fingerprint density at radius 1 is 1.33 bits per heavy atom. The molecular weight excluding hydrogens is 202 g/mol. The summed E-state index contributed by atoms with van der Waals surface area (Å²) < 4.78 is 0. The number of hydrogen-bond acceptors (Lipinski definition) is 1. The van der Waals surface area contributed by atoms with Crippen LogP contribution in [0.25, 0.3) is 0 Å². The quantitative estimate of drug-likeness (QED) is 0.614. The first-order valence-corrected chi connectivity index (χ1v) is 5.76. The fraction of sp³-hybridized carbons (Fsp3) is 0.462. The van der Waals surface area contributed by atoms with Crippen molar-refractivity contribution < 1.29 is 0 Å². The molecule has 0 spiro atoms. The lowest BCUT2D eigenvalue weighted by Gasteiger charge is -2.30. The second-order valence-corrected chi connectivity index (χ2v) is 5.39. The van der Waals surface area contributed by atoms with Crippen LogP contribution in [-0.4, -0.2) is 11.0 Å². The van der Waals surface area contributed by atoms with Gasteiger partial charge in [0.05, 0.1) is 4.99 Å². The lowest BCUT2D eigenvalue weighted by molar-refractivity contribution is 0.466. The summed E-state index contributed by atoms with van der Waals surface area (Å²) >= 11 is 5.34. The molecule has 2 heteroatoms. The topological polar surface area (TPSA) is 3.24 Å². The fourth-order valence-electron chi connectivity index (χ4n) is 2.43. The Hall–Kier alpha value is -0.890. The van der Waals surface area contributed by atoms with Crippen LogP contribution in [0.3, 0.4) is 0 Å². The van der Waals surface area contributed by atoms with Gasteiger partial charge < -0.3 is 4.90 Å². The van der Waals surface area contributed by atoms with Gasteiger partial charge >= 0.3 is 0 Å². The summed E-state index contributed by atoms with van der Waals surface area (Å²) in [6.45, 7) is 8.82. The molecule has 0 saturated heterocycles. The molecule has 0 aromatic heterocycles. The Labute approximate surface area is 97.1 Å². The summed E-state index contributed by atoms with van der Waals surface area (Å²) in [5, 5.41) is 0. The number of benzene rings is 1. The SMILES string of the molecule is CC(=S)N1c2ccccc2C(C)(C)C1C. The molecule has 1 heterocycles. The Balaban J connectivity index is 2.62. The summed E-state index contributed by atoms with van der Waals surface area (Å²) in [5.41, 5.74) is 2.86. The molecule has 0 N–H and O–H groups in total. The van der Waals surface area contributed by atoms with Crippen molar-refractivity contribution >= 4 is 22.9 Å². The molecule has 0 bridgehead atoms. The molecule has 1 aromatic carbocycles. The van der Waals surface area contributed by atoms with Crippen molar-refractivity contribution in [1.29, 1.82) is 0 Å². The molecule has 0 aliphatic carbocycles. The van der Waals surface area contributed by atoms with Gasteiger partial charge in [0, 0.05) is 17.1 Å². The van der Waals surface area contributed by atoms with Crippen molar-refractivity contribution in [1.82, 2.24) is 0 Å². The smallest absolute Gasteiger partial charge is 0.0795 e. The van der Waals surface area contributed by atoms with Crippen molar-refractivity contribution in [2.45, 2.75) is 39.2 Å². The van der Waals surface area contributed by atoms with Crippen molar-refractivity contribution in [3.05, 3.63) is 29.8 Å². The maximum Gasteiger partial charge on any atom is 0.0795 e. The number of nitrogens with zero attached hydrogens (tertiary/aromatic N) is 1. The molecular formula is C13H17NS. The molecule has 0 saturated carbocycles. The summed E-state index contributed by atoms with van der Waals surface area (Å²) in [7, 11) is 0. The van der Waals surface area contributed by atoms with E-state index in [1.165, 1.54) is 11.3 Å². The summed E-state index contributed by atoms with van der Waals surface area (Å²) in [6, 6.07) is 9.00. The summed E-state index contributed by atoms with van der Waals surface area (Å²) in [4.78, 5) is 3.23. The van der Waals surface area contributed by atoms with E-state index >= 15 is 0 Å². The lowest BCUT2D eigenvalue weighted by atomic mass is 9.81. The van der Waals surface area contributed by atoms with Crippen LogP contribution < -0.4 is 4.90 Å². The summed E-state index contributed by atoms with van der Waals surface area (Å²) in [6.07, 6.45) is 0. The van der Waals surface area contributed by atoms with E-state index in [2.05, 4.69) is 49.9 Å². The average molecular weight is 219 g/mol. The van der Waals surface area contributed by atoms with Crippen LogP contribution in [-0.2, 0) is 5.41 Å². The minimum atomic E-state index is 0.177. The number of anilines is 1. The van der Waals surface area contributed by atoms with Gasteiger partial charge in [-0.3, -0.25) is 0 Å². The van der Waals surface area contributed by atoms with Gasteiger partial charge in [-0.1, -0.05) is 44.3 Å². The third-order valence-corrected chi connectivity index (χ3v) is 3.83. The molecule has 0 amide bonds. The third kappa shape index (κ3) is 1.39. The van der Waals surface area contributed by atoms with Crippen molar-refractivity contribution in [2.75, 3.05) is 4.90 Å². The zero-order chi connectivity index (χ0) is 11.2. The third-order valence-electron chi connectivity index (χ3n) is 3.63. The predicted octanol–water partition coefficient (Wildman–Crippen LogP) is 3.52. The molecule has 1 aliphatic heterocycles. The van der Waals surface area contributed by atoms with E-state index < -0.39 is 0 Å². The van der Waals surface area contributed by atoms with Crippen LogP contribution in [0, 0.1) is 0 Å². The first kappa shape index (κ1) is 10.6. The normalized spacial score (nSPS) is 22.7. The Morgan fingerprint density at radius 2 is 1.93 bits per heavy atom. The molecule has 1 nitrogen and oxygen atoms in total. The van der Waals surface area contributed by atoms with E-state index in [1.807, 2.05) is 6.92 Å². The molecule has 2 rings (SSSR count). The number of para-hydroxylation sites is 1. The highest BCUT2D eigenvalue weighted by atomic mass is 32.1. The molecule has 80 valence electrons. The van der Waals surface area contributed by atoms with E-state index in [1.54, 1.807) is 0 Å². The average Bonchev–Trinajstić information content (AvgIpc) is 2.36. The lowest BCUT2D eigenvalue weighted by Crippen LogP contribution is -2.40. The van der Waals surface area contributed by atoms with Gasteiger partial charge in [-0.15, -0.1) is 0 Å². The first-order valence-electron chi connectivity index (χ1n) is 5.35. The number of fused-ring (bicyclic) bond motifs is 1. The van der Waals surface area contributed by atoms with Gasteiger partial charge in [0.25, 0.3) is 0 Å². The van der Waals surface area contributed by atoms with Gasteiger partial charge in [-0.05, 0) is 25.5 Å². The van der Waals surface area contributed by atoms with Crippen molar-refractivity contribution in [3.8, 4) is 0 Å². The van der Waals surface area contributed by atoms with Crippen LogP contribution >= 0.6 is 12.2 Å². The predicted molar refractivity (Wildman–Crippen MR) is 69.7 cm³/mol. The van der Waals surface area contributed by atoms with E-state index in [0.29, 0.717) is 6.04 Å². The molecule has 0 fully saturated rings. The minimum Gasteiger partial charge on any atom is -0.332 e. The fourth-order valence-corrected chi connectivity index (χ4v) is 2.68. The number of hydrogen-bond donors (Lipinski definition) is 0. The highest BCUT2D eigenvalue weighted by Crippen LogP contribution is 2.44. The zero-order valence-corrected chi connectivity index (χ0v) is 10.6. The molecule has 1 atom stereocenters. The van der Waals surface area contributed by atoms with Crippen LogP contribution in [0.2, 0.25) is 0 Å². The monoisotopic (exact) mass is 219 g/mol.